The molecule has 0 N–H and O–H groups in total. The molecule has 0 radical (unpaired) electrons. The van der Waals surface area contributed by atoms with Gasteiger partial charge < -0.3 is 9.47 Å². The van der Waals surface area contributed by atoms with E-state index in [2.05, 4.69) is 20.8 Å². The molecule has 0 spiro atoms. The lowest BCUT2D eigenvalue weighted by Crippen LogP contribution is -2.19. The van der Waals surface area contributed by atoms with Gasteiger partial charge in [-0.05, 0) is 32.1 Å². The minimum Gasteiger partial charge on any atom is -0.466 e. The Kier molecular flexibility index (Phi) is 21.4. The van der Waals surface area contributed by atoms with E-state index in [4.69, 9.17) is 9.47 Å². The maximum absolute atomic E-state index is 11.8. The molecule has 0 amide bonds. The summed E-state index contributed by atoms with van der Waals surface area (Å²) in [5, 5.41) is 0. The van der Waals surface area contributed by atoms with Crippen molar-refractivity contribution >= 4 is 11.9 Å². The minimum absolute atomic E-state index is 0.00244. The Hall–Kier alpha value is -1.06. The van der Waals surface area contributed by atoms with Crippen LogP contribution >= 0.6 is 0 Å². The summed E-state index contributed by atoms with van der Waals surface area (Å²) in [6, 6.07) is 0. The Morgan fingerprint density at radius 2 is 1.00 bits per heavy atom. The van der Waals surface area contributed by atoms with Crippen molar-refractivity contribution in [1.29, 1.82) is 0 Å². The van der Waals surface area contributed by atoms with E-state index in [-0.39, 0.29) is 18.0 Å². The quantitative estimate of drug-likeness (QED) is 0.126. The van der Waals surface area contributed by atoms with Gasteiger partial charge >= 0.3 is 11.9 Å². The smallest absolute Gasteiger partial charge is 0.306 e. The zero-order valence-corrected chi connectivity index (χ0v) is 21.2. The zero-order chi connectivity index (χ0) is 23.2. The third-order valence-electron chi connectivity index (χ3n) is 6.03. The second kappa shape index (κ2) is 22.1. The largest absolute Gasteiger partial charge is 0.466 e. The molecule has 0 aliphatic heterocycles. The zero-order valence-electron chi connectivity index (χ0n) is 21.2. The Morgan fingerprint density at radius 1 is 0.581 bits per heavy atom. The second-order valence-electron chi connectivity index (χ2n) is 9.46. The van der Waals surface area contributed by atoms with Gasteiger partial charge in [0.25, 0.3) is 0 Å². The third kappa shape index (κ3) is 21.9. The molecule has 184 valence electrons. The molecule has 1 unspecified atom stereocenters. The van der Waals surface area contributed by atoms with Crippen molar-refractivity contribution in [3.63, 3.8) is 0 Å². The fourth-order valence-electron chi connectivity index (χ4n) is 3.50. The maximum Gasteiger partial charge on any atom is 0.306 e. The van der Waals surface area contributed by atoms with E-state index in [1.807, 2.05) is 6.92 Å². The molecule has 0 rings (SSSR count). The summed E-state index contributed by atoms with van der Waals surface area (Å²) in [5.74, 6) is 0.245. The van der Waals surface area contributed by atoms with Gasteiger partial charge in [-0.2, -0.15) is 0 Å². The molecule has 0 aliphatic carbocycles. The SMILES string of the molecule is CCCCCCCCCCCCOC(=O)CCCCCCCCC(=O)OC(C)C(C)C. The van der Waals surface area contributed by atoms with Crippen molar-refractivity contribution in [3.8, 4) is 0 Å². The summed E-state index contributed by atoms with van der Waals surface area (Å²) < 4.78 is 10.7. The molecule has 0 aromatic rings. The Balaban J connectivity index is 3.30. The molecule has 0 heterocycles. The van der Waals surface area contributed by atoms with E-state index in [0.29, 0.717) is 25.4 Å². The summed E-state index contributed by atoms with van der Waals surface area (Å²) in [6.45, 7) is 8.91. The number of hydrogen-bond acceptors (Lipinski definition) is 4. The number of hydrogen-bond donors (Lipinski definition) is 0. The van der Waals surface area contributed by atoms with E-state index in [0.717, 1.165) is 44.9 Å². The van der Waals surface area contributed by atoms with Gasteiger partial charge in [-0.25, -0.2) is 0 Å². The molecule has 0 bridgehead atoms. The highest BCUT2D eigenvalue weighted by Crippen LogP contribution is 2.13. The molecular formula is C27H52O4. The van der Waals surface area contributed by atoms with Gasteiger partial charge in [0.1, 0.15) is 6.10 Å². The lowest BCUT2D eigenvalue weighted by atomic mass is 10.1. The molecule has 1 atom stereocenters. The molecule has 0 saturated carbocycles. The fourth-order valence-corrected chi connectivity index (χ4v) is 3.50. The average molecular weight is 441 g/mol. The van der Waals surface area contributed by atoms with Gasteiger partial charge in [0, 0.05) is 12.8 Å². The standard InChI is InChI=1S/C27H52O4/c1-5-6-7-8-9-10-11-14-17-20-23-30-26(28)21-18-15-12-13-16-19-22-27(29)31-25(4)24(2)3/h24-25H,5-23H2,1-4H3. The van der Waals surface area contributed by atoms with Crippen molar-refractivity contribution in [3.05, 3.63) is 0 Å². The highest BCUT2D eigenvalue weighted by molar-refractivity contribution is 5.69. The van der Waals surface area contributed by atoms with E-state index < -0.39 is 0 Å². The molecule has 31 heavy (non-hydrogen) atoms. The summed E-state index contributed by atoms with van der Waals surface area (Å²) in [7, 11) is 0. The number of rotatable bonds is 22. The highest BCUT2D eigenvalue weighted by atomic mass is 16.5. The summed E-state index contributed by atoms with van der Waals surface area (Å²) in [5.41, 5.74) is 0. The number of unbranched alkanes of at least 4 members (excludes halogenated alkanes) is 14. The fraction of sp³-hybridized carbons (Fsp3) is 0.926. The average Bonchev–Trinajstić information content (AvgIpc) is 2.73. The highest BCUT2D eigenvalue weighted by Gasteiger charge is 2.12. The first kappa shape index (κ1) is 29.9. The van der Waals surface area contributed by atoms with Gasteiger partial charge in [0.15, 0.2) is 0 Å². The van der Waals surface area contributed by atoms with Gasteiger partial charge in [-0.15, -0.1) is 0 Å². The maximum atomic E-state index is 11.8. The third-order valence-corrected chi connectivity index (χ3v) is 6.03. The van der Waals surface area contributed by atoms with Crippen LogP contribution < -0.4 is 0 Å². The molecule has 0 aromatic heterocycles. The number of ether oxygens (including phenoxy) is 2. The molecule has 0 saturated heterocycles. The van der Waals surface area contributed by atoms with Crippen molar-refractivity contribution in [2.24, 2.45) is 5.92 Å². The van der Waals surface area contributed by atoms with Crippen molar-refractivity contribution in [1.82, 2.24) is 0 Å². The topological polar surface area (TPSA) is 52.6 Å². The molecule has 0 aromatic carbocycles. The van der Waals surface area contributed by atoms with Crippen molar-refractivity contribution < 1.29 is 19.1 Å². The Bertz CT molecular complexity index is 419. The van der Waals surface area contributed by atoms with E-state index in [1.165, 1.54) is 57.8 Å². The molecule has 0 fully saturated rings. The second-order valence-corrected chi connectivity index (χ2v) is 9.46. The summed E-state index contributed by atoms with van der Waals surface area (Å²) >= 11 is 0. The van der Waals surface area contributed by atoms with Gasteiger partial charge in [0.05, 0.1) is 6.61 Å². The number of esters is 2. The van der Waals surface area contributed by atoms with Crippen LogP contribution in [0.25, 0.3) is 0 Å². The molecule has 4 nitrogen and oxygen atoms in total. The molecule has 4 heteroatoms. The van der Waals surface area contributed by atoms with Crippen molar-refractivity contribution in [2.75, 3.05) is 6.61 Å². The summed E-state index contributed by atoms with van der Waals surface area (Å²) in [6.07, 6.45) is 20.1. The van der Waals surface area contributed by atoms with Crippen LogP contribution in [0.4, 0.5) is 0 Å². The predicted molar refractivity (Wildman–Crippen MR) is 130 cm³/mol. The minimum atomic E-state index is -0.0774. The van der Waals surface area contributed by atoms with Crippen LogP contribution in [0.1, 0.15) is 143 Å². The first-order valence-electron chi connectivity index (χ1n) is 13.3. The normalized spacial score (nSPS) is 12.2. The summed E-state index contributed by atoms with van der Waals surface area (Å²) in [4.78, 5) is 23.5. The predicted octanol–water partition coefficient (Wildman–Crippen LogP) is 8.16. The first-order chi connectivity index (χ1) is 15.0. The first-order valence-corrected chi connectivity index (χ1v) is 13.3. The van der Waals surface area contributed by atoms with Gasteiger partial charge in [-0.3, -0.25) is 9.59 Å². The van der Waals surface area contributed by atoms with E-state index in [9.17, 15) is 9.59 Å². The number of carbonyl (C=O) groups excluding carboxylic acids is 2. The lowest BCUT2D eigenvalue weighted by molar-refractivity contribution is -0.150. The van der Waals surface area contributed by atoms with E-state index >= 15 is 0 Å². The van der Waals surface area contributed by atoms with Crippen LogP contribution in [-0.2, 0) is 19.1 Å². The van der Waals surface area contributed by atoms with Crippen LogP contribution in [0, 0.1) is 5.92 Å². The van der Waals surface area contributed by atoms with Crippen LogP contribution in [-0.4, -0.2) is 24.6 Å². The van der Waals surface area contributed by atoms with Crippen LogP contribution in [0.3, 0.4) is 0 Å². The number of carbonyl (C=O) groups is 2. The van der Waals surface area contributed by atoms with Crippen LogP contribution in [0.15, 0.2) is 0 Å². The Labute approximate surface area is 193 Å². The van der Waals surface area contributed by atoms with E-state index in [1.54, 1.807) is 0 Å². The Morgan fingerprint density at radius 3 is 1.48 bits per heavy atom. The molecular weight excluding hydrogens is 388 g/mol. The molecule has 0 aliphatic rings. The lowest BCUT2D eigenvalue weighted by Gasteiger charge is -2.16. The monoisotopic (exact) mass is 440 g/mol. The van der Waals surface area contributed by atoms with Crippen molar-refractivity contribution in [2.45, 2.75) is 149 Å². The van der Waals surface area contributed by atoms with Gasteiger partial charge in [0.2, 0.25) is 0 Å². The van der Waals surface area contributed by atoms with Gasteiger partial charge in [-0.1, -0.05) is 104 Å². The van der Waals surface area contributed by atoms with Crippen LogP contribution in [0.2, 0.25) is 0 Å². The van der Waals surface area contributed by atoms with Crippen LogP contribution in [0.5, 0.6) is 0 Å².